The second kappa shape index (κ2) is 8.00. The van der Waals surface area contributed by atoms with Gasteiger partial charge in [0, 0.05) is 43.2 Å². The molecule has 0 aliphatic rings. The number of nitrogens with one attached hydrogen (secondary N) is 1. The first-order valence-electron chi connectivity index (χ1n) is 7.99. The van der Waals surface area contributed by atoms with Gasteiger partial charge < -0.3 is 24.6 Å². The number of halogens is 2. The summed E-state index contributed by atoms with van der Waals surface area (Å²) in [6.07, 6.45) is 1.42. The van der Waals surface area contributed by atoms with Crippen molar-refractivity contribution in [2.75, 3.05) is 32.7 Å². The lowest BCUT2D eigenvalue weighted by molar-refractivity contribution is 0.192. The number of aliphatic hydroxyl groups is 1. The van der Waals surface area contributed by atoms with Crippen LogP contribution < -0.4 is 19.5 Å². The van der Waals surface area contributed by atoms with E-state index in [2.05, 4.69) is 15.3 Å². The Morgan fingerprint density at radius 1 is 1.15 bits per heavy atom. The van der Waals surface area contributed by atoms with E-state index >= 15 is 0 Å². The van der Waals surface area contributed by atoms with Gasteiger partial charge in [0.1, 0.15) is 12.1 Å². The van der Waals surface area contributed by atoms with Crippen molar-refractivity contribution in [2.24, 2.45) is 0 Å². The number of fused-ring (bicyclic) bond motifs is 1. The lowest BCUT2D eigenvalue weighted by Crippen LogP contribution is -2.05. The highest BCUT2D eigenvalue weighted by atomic mass is 19.1. The first-order chi connectivity index (χ1) is 13.1. The smallest absolute Gasteiger partial charge is 0.257 e. The number of rotatable bonds is 7. The summed E-state index contributed by atoms with van der Waals surface area (Å²) in [5.41, 5.74) is 0.885. The third-order valence-electron chi connectivity index (χ3n) is 3.66. The quantitative estimate of drug-likeness (QED) is 0.654. The number of hydrogen-bond donors (Lipinski definition) is 2. The average Bonchev–Trinajstić information content (AvgIpc) is 2.68. The number of aromatic nitrogens is 2. The van der Waals surface area contributed by atoms with Crippen LogP contribution in [0.25, 0.3) is 11.0 Å². The van der Waals surface area contributed by atoms with Crippen molar-refractivity contribution in [3.05, 3.63) is 42.1 Å². The fourth-order valence-corrected chi connectivity index (χ4v) is 2.40. The Hall–Kier alpha value is -3.20. The Labute approximate surface area is 153 Å². The van der Waals surface area contributed by atoms with E-state index in [-0.39, 0.29) is 36.0 Å². The third kappa shape index (κ3) is 3.82. The van der Waals surface area contributed by atoms with Crippen LogP contribution in [-0.2, 0) is 0 Å². The Balaban J connectivity index is 2.07. The maximum atomic E-state index is 14.2. The van der Waals surface area contributed by atoms with E-state index in [9.17, 15) is 8.78 Å². The number of methoxy groups -OCH3 is 1. The summed E-state index contributed by atoms with van der Waals surface area (Å²) in [7, 11) is 2.99. The Bertz CT molecular complexity index is 946. The number of ether oxygens (including phenoxy) is 3. The van der Waals surface area contributed by atoms with Crippen molar-refractivity contribution in [1.29, 1.82) is 0 Å². The largest absolute Gasteiger partial charge is 0.491 e. The van der Waals surface area contributed by atoms with Gasteiger partial charge in [-0.3, -0.25) is 4.98 Å². The van der Waals surface area contributed by atoms with Crippen LogP contribution >= 0.6 is 0 Å². The molecule has 0 amide bonds. The molecule has 2 N–H and O–H groups in total. The molecule has 0 aliphatic carbocycles. The number of hydrogen-bond acceptors (Lipinski definition) is 7. The van der Waals surface area contributed by atoms with Gasteiger partial charge in [-0.2, -0.15) is 0 Å². The lowest BCUT2D eigenvalue weighted by atomic mass is 10.2. The van der Waals surface area contributed by atoms with Crippen LogP contribution in [0.15, 0.2) is 30.5 Å². The summed E-state index contributed by atoms with van der Waals surface area (Å²) in [5.74, 6) is -1.80. The molecule has 3 rings (SSSR count). The molecule has 0 aliphatic heterocycles. The fourth-order valence-electron chi connectivity index (χ4n) is 2.40. The molecule has 0 saturated heterocycles. The van der Waals surface area contributed by atoms with Gasteiger partial charge in [0.05, 0.1) is 19.2 Å². The molecule has 0 radical (unpaired) electrons. The zero-order chi connectivity index (χ0) is 19.4. The van der Waals surface area contributed by atoms with E-state index in [1.165, 1.54) is 19.4 Å². The molecule has 0 spiro atoms. The normalized spacial score (nSPS) is 10.7. The van der Waals surface area contributed by atoms with Crippen LogP contribution in [-0.4, -0.2) is 42.4 Å². The highest BCUT2D eigenvalue weighted by molar-refractivity contribution is 5.83. The SMILES string of the molecule is CNc1cc(F)c(Oc2ccnc3cc(OC)c(OCCO)nc23)c(F)c1. The topological polar surface area (TPSA) is 85.7 Å². The van der Waals surface area contributed by atoms with Crippen molar-refractivity contribution >= 4 is 16.7 Å². The maximum absolute atomic E-state index is 14.2. The first-order valence-corrected chi connectivity index (χ1v) is 7.99. The summed E-state index contributed by atoms with van der Waals surface area (Å²) in [6.45, 7) is -0.215. The molecular weight excluding hydrogens is 360 g/mol. The van der Waals surface area contributed by atoms with Gasteiger partial charge in [-0.25, -0.2) is 13.8 Å². The van der Waals surface area contributed by atoms with Crippen LogP contribution in [0.1, 0.15) is 0 Å². The number of nitrogens with zero attached hydrogens (tertiary/aromatic N) is 2. The van der Waals surface area contributed by atoms with Gasteiger partial charge in [-0.1, -0.05) is 0 Å². The summed E-state index contributed by atoms with van der Waals surface area (Å²) < 4.78 is 44.5. The summed E-state index contributed by atoms with van der Waals surface area (Å²) in [5, 5.41) is 11.6. The summed E-state index contributed by atoms with van der Waals surface area (Å²) in [6, 6.07) is 5.23. The van der Waals surface area contributed by atoms with Gasteiger partial charge in [0.15, 0.2) is 28.9 Å². The van der Waals surface area contributed by atoms with E-state index < -0.39 is 17.4 Å². The molecule has 3 aromatic rings. The molecule has 142 valence electrons. The number of benzene rings is 1. The first kappa shape index (κ1) is 18.6. The molecule has 0 fully saturated rings. The van der Waals surface area contributed by atoms with Gasteiger partial charge in [-0.05, 0) is 0 Å². The molecule has 27 heavy (non-hydrogen) atoms. The molecule has 0 unspecified atom stereocenters. The molecule has 2 heterocycles. The Morgan fingerprint density at radius 3 is 2.52 bits per heavy atom. The van der Waals surface area contributed by atoms with Crippen molar-refractivity contribution in [1.82, 2.24) is 9.97 Å². The van der Waals surface area contributed by atoms with Gasteiger partial charge >= 0.3 is 0 Å². The third-order valence-corrected chi connectivity index (χ3v) is 3.66. The standard InChI is InChI=1S/C18H17F2N3O4/c1-21-10-7-11(19)17(12(20)8-10)27-14-3-4-22-13-9-15(25-2)18(23-16(13)14)26-6-5-24/h3-4,7-9,21,24H,5-6H2,1-2H3. The van der Waals surface area contributed by atoms with E-state index in [0.717, 1.165) is 12.1 Å². The van der Waals surface area contributed by atoms with Crippen LogP contribution in [0.5, 0.6) is 23.1 Å². The van der Waals surface area contributed by atoms with Crippen LogP contribution in [0.4, 0.5) is 14.5 Å². The number of pyridine rings is 2. The Kier molecular flexibility index (Phi) is 5.51. The van der Waals surface area contributed by atoms with Gasteiger partial charge in [-0.15, -0.1) is 0 Å². The van der Waals surface area contributed by atoms with Crippen LogP contribution in [0, 0.1) is 11.6 Å². The molecule has 2 aromatic heterocycles. The van der Waals surface area contributed by atoms with Crippen molar-refractivity contribution in [2.45, 2.75) is 0 Å². The predicted octanol–water partition coefficient (Wildman–Crippen LogP) is 3.12. The van der Waals surface area contributed by atoms with Crippen molar-refractivity contribution < 1.29 is 28.1 Å². The lowest BCUT2D eigenvalue weighted by Gasteiger charge is -2.13. The van der Waals surface area contributed by atoms with Gasteiger partial charge in [0.2, 0.25) is 0 Å². The summed E-state index contributed by atoms with van der Waals surface area (Å²) in [4.78, 5) is 8.43. The second-order valence-corrected chi connectivity index (χ2v) is 5.37. The van der Waals surface area contributed by atoms with Crippen LogP contribution in [0.3, 0.4) is 0 Å². The molecule has 1 aromatic carbocycles. The van der Waals surface area contributed by atoms with E-state index in [1.807, 2.05) is 0 Å². The van der Waals surface area contributed by atoms with Crippen LogP contribution in [0.2, 0.25) is 0 Å². The Morgan fingerprint density at radius 2 is 1.89 bits per heavy atom. The average molecular weight is 377 g/mol. The van der Waals surface area contributed by atoms with E-state index in [0.29, 0.717) is 11.3 Å². The minimum absolute atomic E-state index is 0.0000550. The van der Waals surface area contributed by atoms with E-state index in [1.54, 1.807) is 13.1 Å². The number of anilines is 1. The minimum Gasteiger partial charge on any atom is -0.491 e. The maximum Gasteiger partial charge on any atom is 0.257 e. The fraction of sp³-hybridized carbons (Fsp3) is 0.222. The zero-order valence-corrected chi connectivity index (χ0v) is 14.6. The summed E-state index contributed by atoms with van der Waals surface area (Å²) >= 11 is 0. The van der Waals surface area contributed by atoms with Crippen molar-refractivity contribution in [3.63, 3.8) is 0 Å². The molecule has 0 saturated carbocycles. The second-order valence-electron chi connectivity index (χ2n) is 5.37. The minimum atomic E-state index is -0.866. The van der Waals surface area contributed by atoms with Crippen molar-refractivity contribution in [3.8, 4) is 23.1 Å². The molecule has 0 atom stereocenters. The monoisotopic (exact) mass is 377 g/mol. The molecule has 7 nitrogen and oxygen atoms in total. The molecule has 9 heteroatoms. The number of aliphatic hydroxyl groups excluding tert-OH is 1. The highest BCUT2D eigenvalue weighted by Crippen LogP contribution is 2.36. The molecule has 0 bridgehead atoms. The molecular formula is C18H17F2N3O4. The predicted molar refractivity (Wildman–Crippen MR) is 94.6 cm³/mol. The van der Waals surface area contributed by atoms with E-state index in [4.69, 9.17) is 19.3 Å². The zero-order valence-electron chi connectivity index (χ0n) is 14.6. The highest BCUT2D eigenvalue weighted by Gasteiger charge is 2.18. The van der Waals surface area contributed by atoms with Gasteiger partial charge in [0.25, 0.3) is 5.88 Å².